The number of nitrogens with one attached hydrogen (secondary N) is 1. The summed E-state index contributed by atoms with van der Waals surface area (Å²) in [5.74, 6) is 0.0109. The molecule has 0 radical (unpaired) electrons. The highest BCUT2D eigenvalue weighted by atomic mass is 16.3. The minimum Gasteiger partial charge on any atom is -0.395 e. The van der Waals surface area contributed by atoms with E-state index in [0.717, 1.165) is 19.3 Å². The minimum absolute atomic E-state index is 0.000295. The monoisotopic (exact) mass is 347 g/mol. The van der Waals surface area contributed by atoms with Crippen molar-refractivity contribution in [2.45, 2.75) is 71.1 Å². The highest BCUT2D eigenvalue weighted by Gasteiger charge is 1.97. The van der Waals surface area contributed by atoms with Gasteiger partial charge in [-0.05, 0) is 44.9 Å². The largest absolute Gasteiger partial charge is 0.395 e. The van der Waals surface area contributed by atoms with E-state index in [1.807, 2.05) is 18.2 Å². The fourth-order valence-corrected chi connectivity index (χ4v) is 2.24. The summed E-state index contributed by atoms with van der Waals surface area (Å²) in [6.07, 6.45) is 28.0. The molecule has 0 bridgehead atoms. The van der Waals surface area contributed by atoms with E-state index in [4.69, 9.17) is 5.11 Å². The summed E-state index contributed by atoms with van der Waals surface area (Å²) in [7, 11) is 0. The first-order valence-corrected chi connectivity index (χ1v) is 9.82. The lowest BCUT2D eigenvalue weighted by Crippen LogP contribution is -2.25. The molecule has 0 heterocycles. The first-order chi connectivity index (χ1) is 12.3. The summed E-state index contributed by atoms with van der Waals surface area (Å²) in [6, 6.07) is 0. The molecule has 0 aromatic heterocycles. The van der Waals surface area contributed by atoms with E-state index in [1.54, 1.807) is 0 Å². The van der Waals surface area contributed by atoms with Crippen LogP contribution < -0.4 is 5.32 Å². The standard InChI is InChI=1S/C22H37NO2/c1-2-3-4-5-6-7-8-9-10-11-12-13-14-15-16-17-18-19-22(25)23-20-21-24/h6-7,11-16,24H,2-5,8-10,17-21H2,1H3,(H,23,25)/b7-6-,12-11+,14-13+,16-15-. The predicted octanol–water partition coefficient (Wildman–Crippen LogP) is 5.24. The van der Waals surface area contributed by atoms with Crippen LogP contribution in [-0.2, 0) is 4.79 Å². The lowest BCUT2D eigenvalue weighted by atomic mass is 10.1. The molecule has 0 aliphatic rings. The number of rotatable bonds is 16. The molecular weight excluding hydrogens is 310 g/mol. The Morgan fingerprint density at radius 2 is 1.40 bits per heavy atom. The van der Waals surface area contributed by atoms with Gasteiger partial charge in [-0.15, -0.1) is 0 Å². The quantitative estimate of drug-likeness (QED) is 0.228. The molecule has 0 saturated carbocycles. The molecule has 142 valence electrons. The van der Waals surface area contributed by atoms with Gasteiger partial charge in [0.15, 0.2) is 0 Å². The molecule has 1 amide bonds. The van der Waals surface area contributed by atoms with E-state index in [2.05, 4.69) is 42.6 Å². The summed E-state index contributed by atoms with van der Waals surface area (Å²) in [4.78, 5) is 11.3. The molecule has 0 rings (SSSR count). The lowest BCUT2D eigenvalue weighted by Gasteiger charge is -2.00. The molecule has 3 heteroatoms. The first kappa shape index (κ1) is 23.4. The second-order valence-corrected chi connectivity index (χ2v) is 6.11. The SMILES string of the molecule is CCCCC/C=C\CCC/C=C/C=C/C=C\CCCC(=O)NCCO. The van der Waals surface area contributed by atoms with Crippen molar-refractivity contribution in [1.82, 2.24) is 5.32 Å². The predicted molar refractivity (Wildman–Crippen MR) is 108 cm³/mol. The number of carbonyl (C=O) groups excluding carboxylic acids is 1. The van der Waals surface area contributed by atoms with Gasteiger partial charge in [-0.25, -0.2) is 0 Å². The zero-order valence-electron chi connectivity index (χ0n) is 16.0. The van der Waals surface area contributed by atoms with Crippen molar-refractivity contribution in [3.8, 4) is 0 Å². The van der Waals surface area contributed by atoms with Crippen molar-refractivity contribution in [2.75, 3.05) is 13.2 Å². The fraction of sp³-hybridized carbons (Fsp3) is 0.591. The van der Waals surface area contributed by atoms with Gasteiger partial charge in [-0.3, -0.25) is 4.79 Å². The number of allylic oxidation sites excluding steroid dienone is 8. The molecule has 0 aliphatic heterocycles. The normalized spacial score (nSPS) is 12.2. The summed E-state index contributed by atoms with van der Waals surface area (Å²) in [6.45, 7) is 2.58. The maximum absolute atomic E-state index is 11.3. The Morgan fingerprint density at radius 1 is 0.800 bits per heavy atom. The van der Waals surface area contributed by atoms with Crippen LogP contribution in [0.5, 0.6) is 0 Å². The van der Waals surface area contributed by atoms with Crippen LogP contribution in [0.4, 0.5) is 0 Å². The van der Waals surface area contributed by atoms with E-state index in [-0.39, 0.29) is 12.5 Å². The Labute approximate surface area is 154 Å². The molecule has 0 fully saturated rings. The Hall–Kier alpha value is -1.61. The third-order valence-electron chi connectivity index (χ3n) is 3.70. The van der Waals surface area contributed by atoms with Crippen LogP contribution in [-0.4, -0.2) is 24.2 Å². The molecule has 0 aromatic carbocycles. The van der Waals surface area contributed by atoms with Crippen molar-refractivity contribution in [2.24, 2.45) is 0 Å². The molecule has 0 atom stereocenters. The summed E-state index contributed by atoms with van der Waals surface area (Å²) in [5.41, 5.74) is 0. The van der Waals surface area contributed by atoms with Crippen LogP contribution in [0, 0.1) is 0 Å². The van der Waals surface area contributed by atoms with Gasteiger partial charge >= 0.3 is 0 Å². The van der Waals surface area contributed by atoms with Gasteiger partial charge < -0.3 is 10.4 Å². The molecular formula is C22H37NO2. The molecule has 0 aromatic rings. The van der Waals surface area contributed by atoms with Crippen molar-refractivity contribution in [1.29, 1.82) is 0 Å². The lowest BCUT2D eigenvalue weighted by molar-refractivity contribution is -0.121. The number of carbonyl (C=O) groups is 1. The Bertz CT molecular complexity index is 408. The summed E-state index contributed by atoms with van der Waals surface area (Å²) >= 11 is 0. The van der Waals surface area contributed by atoms with Gasteiger partial charge in [0.2, 0.25) is 5.91 Å². The summed E-state index contributed by atoms with van der Waals surface area (Å²) < 4.78 is 0. The number of unbranched alkanes of at least 4 members (excludes halogenated alkanes) is 6. The molecule has 0 aliphatic carbocycles. The van der Waals surface area contributed by atoms with Crippen molar-refractivity contribution >= 4 is 5.91 Å². The van der Waals surface area contributed by atoms with E-state index in [1.165, 1.54) is 38.5 Å². The number of aliphatic hydroxyl groups excluding tert-OH is 1. The average molecular weight is 348 g/mol. The Balaban J connectivity index is 3.46. The average Bonchev–Trinajstić information content (AvgIpc) is 2.62. The first-order valence-electron chi connectivity index (χ1n) is 9.82. The van der Waals surface area contributed by atoms with Crippen molar-refractivity contribution in [3.63, 3.8) is 0 Å². The summed E-state index contributed by atoms with van der Waals surface area (Å²) in [5, 5.41) is 11.2. The second kappa shape index (κ2) is 20.4. The van der Waals surface area contributed by atoms with E-state index in [0.29, 0.717) is 13.0 Å². The Kier molecular flexibility index (Phi) is 19.1. The van der Waals surface area contributed by atoms with Gasteiger partial charge in [0, 0.05) is 13.0 Å². The third-order valence-corrected chi connectivity index (χ3v) is 3.70. The molecule has 3 nitrogen and oxygen atoms in total. The zero-order chi connectivity index (χ0) is 18.4. The van der Waals surface area contributed by atoms with E-state index >= 15 is 0 Å². The fourth-order valence-electron chi connectivity index (χ4n) is 2.24. The highest BCUT2D eigenvalue weighted by molar-refractivity contribution is 5.75. The number of aliphatic hydroxyl groups is 1. The topological polar surface area (TPSA) is 49.3 Å². The molecule has 2 N–H and O–H groups in total. The van der Waals surface area contributed by atoms with Crippen LogP contribution in [0.15, 0.2) is 48.6 Å². The van der Waals surface area contributed by atoms with Gasteiger partial charge in [-0.2, -0.15) is 0 Å². The van der Waals surface area contributed by atoms with Crippen molar-refractivity contribution in [3.05, 3.63) is 48.6 Å². The molecule has 0 unspecified atom stereocenters. The van der Waals surface area contributed by atoms with Crippen LogP contribution in [0.1, 0.15) is 71.1 Å². The van der Waals surface area contributed by atoms with Gasteiger partial charge in [0.05, 0.1) is 6.61 Å². The second-order valence-electron chi connectivity index (χ2n) is 6.11. The van der Waals surface area contributed by atoms with Crippen molar-refractivity contribution < 1.29 is 9.90 Å². The molecule has 0 spiro atoms. The maximum Gasteiger partial charge on any atom is 0.220 e. The van der Waals surface area contributed by atoms with E-state index in [9.17, 15) is 4.79 Å². The highest BCUT2D eigenvalue weighted by Crippen LogP contribution is 2.03. The van der Waals surface area contributed by atoms with Crippen LogP contribution >= 0.6 is 0 Å². The minimum atomic E-state index is -0.000295. The number of amides is 1. The Morgan fingerprint density at radius 3 is 2.04 bits per heavy atom. The van der Waals surface area contributed by atoms with Gasteiger partial charge in [-0.1, -0.05) is 68.4 Å². The number of hydrogen-bond donors (Lipinski definition) is 2. The zero-order valence-corrected chi connectivity index (χ0v) is 16.0. The molecule has 25 heavy (non-hydrogen) atoms. The molecule has 0 saturated heterocycles. The maximum atomic E-state index is 11.3. The van der Waals surface area contributed by atoms with Crippen LogP contribution in [0.25, 0.3) is 0 Å². The van der Waals surface area contributed by atoms with Gasteiger partial charge in [0.1, 0.15) is 0 Å². The third kappa shape index (κ3) is 20.3. The number of hydrogen-bond acceptors (Lipinski definition) is 2. The van der Waals surface area contributed by atoms with Gasteiger partial charge in [0.25, 0.3) is 0 Å². The van der Waals surface area contributed by atoms with Crippen LogP contribution in [0.2, 0.25) is 0 Å². The van der Waals surface area contributed by atoms with Crippen LogP contribution in [0.3, 0.4) is 0 Å². The van der Waals surface area contributed by atoms with E-state index < -0.39 is 0 Å². The smallest absolute Gasteiger partial charge is 0.220 e.